The number of thiazole rings is 1. The number of halogens is 2. The molecule has 136 valence electrons. The van der Waals surface area contributed by atoms with Gasteiger partial charge in [-0.25, -0.2) is 9.97 Å². The molecule has 0 aliphatic heterocycles. The van der Waals surface area contributed by atoms with E-state index in [0.717, 1.165) is 28.5 Å². The second kappa shape index (κ2) is 8.25. The molecule has 1 aromatic carbocycles. The molecular formula is C19H19Cl2N3OS. The molecule has 2 aromatic heterocycles. The third-order valence-corrected chi connectivity index (χ3v) is 5.47. The summed E-state index contributed by atoms with van der Waals surface area (Å²) in [4.78, 5) is 10.0. The van der Waals surface area contributed by atoms with Crippen molar-refractivity contribution in [2.45, 2.75) is 26.8 Å². The minimum absolute atomic E-state index is 0.0143. The van der Waals surface area contributed by atoms with Gasteiger partial charge in [0.1, 0.15) is 0 Å². The molecule has 2 heterocycles. The number of nitrogens with one attached hydrogen (secondary N) is 1. The van der Waals surface area contributed by atoms with Crippen molar-refractivity contribution in [1.82, 2.24) is 9.97 Å². The monoisotopic (exact) mass is 407 g/mol. The van der Waals surface area contributed by atoms with Crippen molar-refractivity contribution in [2.24, 2.45) is 5.92 Å². The Morgan fingerprint density at radius 1 is 1.12 bits per heavy atom. The van der Waals surface area contributed by atoms with Crippen LogP contribution in [0.25, 0.3) is 11.3 Å². The van der Waals surface area contributed by atoms with Crippen molar-refractivity contribution >= 4 is 39.7 Å². The number of aromatic nitrogens is 2. The third kappa shape index (κ3) is 4.67. The summed E-state index contributed by atoms with van der Waals surface area (Å²) in [7, 11) is 0. The summed E-state index contributed by atoms with van der Waals surface area (Å²) in [6, 6.07) is 10.8. The van der Waals surface area contributed by atoms with Crippen LogP contribution in [0.5, 0.6) is 5.88 Å². The van der Waals surface area contributed by atoms with Crippen molar-refractivity contribution in [3.05, 3.63) is 57.0 Å². The molecule has 0 saturated carbocycles. The Morgan fingerprint density at radius 3 is 2.62 bits per heavy atom. The van der Waals surface area contributed by atoms with E-state index in [1.165, 1.54) is 4.88 Å². The van der Waals surface area contributed by atoms with Gasteiger partial charge in [-0.2, -0.15) is 0 Å². The molecule has 0 atom stereocenters. The molecule has 0 bridgehead atoms. The molecule has 0 amide bonds. The Bertz CT molecular complexity index is 912. The highest BCUT2D eigenvalue weighted by atomic mass is 35.5. The number of hydrogen-bond acceptors (Lipinski definition) is 5. The summed E-state index contributed by atoms with van der Waals surface area (Å²) in [6.45, 7) is 4.86. The molecule has 26 heavy (non-hydrogen) atoms. The zero-order chi connectivity index (χ0) is 18.7. The molecule has 3 aromatic rings. The van der Waals surface area contributed by atoms with Crippen molar-refractivity contribution in [3.8, 4) is 17.1 Å². The number of rotatable bonds is 6. The highest BCUT2D eigenvalue weighted by molar-refractivity contribution is 7.16. The van der Waals surface area contributed by atoms with Crippen LogP contribution in [0, 0.1) is 5.92 Å². The van der Waals surface area contributed by atoms with Gasteiger partial charge in [-0.05, 0) is 30.5 Å². The van der Waals surface area contributed by atoms with Crippen LogP contribution in [0.2, 0.25) is 10.0 Å². The molecular weight excluding hydrogens is 389 g/mol. The van der Waals surface area contributed by atoms with E-state index in [1.807, 2.05) is 18.2 Å². The van der Waals surface area contributed by atoms with E-state index in [4.69, 9.17) is 28.2 Å². The van der Waals surface area contributed by atoms with E-state index in [0.29, 0.717) is 22.5 Å². The predicted molar refractivity (Wildman–Crippen MR) is 109 cm³/mol. The smallest absolute Gasteiger partial charge is 0.210 e. The first-order valence-electron chi connectivity index (χ1n) is 8.26. The molecule has 0 aliphatic carbocycles. The van der Waals surface area contributed by atoms with Gasteiger partial charge in [0.25, 0.3) is 0 Å². The number of benzene rings is 1. The van der Waals surface area contributed by atoms with Gasteiger partial charge >= 0.3 is 0 Å². The number of pyridine rings is 1. The maximum atomic E-state index is 9.48. The molecule has 4 nitrogen and oxygen atoms in total. The second-order valence-corrected chi connectivity index (χ2v) is 8.26. The maximum Gasteiger partial charge on any atom is 0.210 e. The maximum absolute atomic E-state index is 9.48. The minimum Gasteiger partial charge on any atom is -0.493 e. The van der Waals surface area contributed by atoms with E-state index in [9.17, 15) is 5.11 Å². The summed E-state index contributed by atoms with van der Waals surface area (Å²) in [5.41, 5.74) is 2.63. The molecule has 0 unspecified atom stereocenters. The molecule has 0 aliphatic rings. The van der Waals surface area contributed by atoms with Gasteiger partial charge in [0.15, 0.2) is 5.13 Å². The van der Waals surface area contributed by atoms with E-state index in [1.54, 1.807) is 29.5 Å². The van der Waals surface area contributed by atoms with Crippen LogP contribution >= 0.6 is 34.5 Å². The number of hydrogen-bond donors (Lipinski definition) is 2. The second-order valence-electron chi connectivity index (χ2n) is 6.36. The number of aromatic hydroxyl groups is 1. The highest BCUT2D eigenvalue weighted by Crippen LogP contribution is 2.35. The van der Waals surface area contributed by atoms with E-state index in [2.05, 4.69) is 24.1 Å². The lowest BCUT2D eigenvalue weighted by Crippen LogP contribution is -2.00. The van der Waals surface area contributed by atoms with Crippen molar-refractivity contribution < 1.29 is 5.11 Å². The Hall–Kier alpha value is -1.82. The Kier molecular flexibility index (Phi) is 6.01. The van der Waals surface area contributed by atoms with Gasteiger partial charge in [-0.3, -0.25) is 0 Å². The largest absolute Gasteiger partial charge is 0.493 e. The fourth-order valence-electron chi connectivity index (χ4n) is 2.54. The zero-order valence-corrected chi connectivity index (χ0v) is 16.8. The Balaban J connectivity index is 1.87. The lowest BCUT2D eigenvalue weighted by atomic mass is 10.0. The minimum atomic E-state index is 0.0143. The average molecular weight is 408 g/mol. The van der Waals surface area contributed by atoms with Crippen molar-refractivity contribution in [3.63, 3.8) is 0 Å². The standard InChI is InChI=1S/C19H19Cl2N3OS/c1-11(2)8-16-18(12-6-7-14(20)15(21)9-12)24-19(26-16)22-10-13-4-3-5-17(25)23-13/h3-7,9,11H,8,10H2,1-2H3,(H,22,24)(H,23,25). The van der Waals surface area contributed by atoms with Gasteiger partial charge in [0, 0.05) is 16.5 Å². The molecule has 0 fully saturated rings. The zero-order valence-electron chi connectivity index (χ0n) is 14.5. The summed E-state index contributed by atoms with van der Waals surface area (Å²) >= 11 is 13.8. The molecule has 2 N–H and O–H groups in total. The molecule has 0 saturated heterocycles. The SMILES string of the molecule is CC(C)Cc1sc(NCc2cccc(O)n2)nc1-c1ccc(Cl)c(Cl)c1. The molecule has 7 heteroatoms. The number of anilines is 1. The van der Waals surface area contributed by atoms with Crippen LogP contribution in [0.3, 0.4) is 0 Å². The summed E-state index contributed by atoms with van der Waals surface area (Å²) in [6.07, 6.45) is 0.930. The lowest BCUT2D eigenvalue weighted by molar-refractivity contribution is 0.451. The van der Waals surface area contributed by atoms with E-state index < -0.39 is 0 Å². The van der Waals surface area contributed by atoms with Crippen molar-refractivity contribution in [2.75, 3.05) is 5.32 Å². The van der Waals surface area contributed by atoms with Gasteiger partial charge in [0.2, 0.25) is 5.88 Å². The molecule has 3 rings (SSSR count). The van der Waals surface area contributed by atoms with Crippen LogP contribution in [-0.2, 0) is 13.0 Å². The normalized spacial score (nSPS) is 11.1. The molecule has 0 spiro atoms. The van der Waals surface area contributed by atoms with Crippen LogP contribution < -0.4 is 5.32 Å². The summed E-state index contributed by atoms with van der Waals surface area (Å²) in [5, 5.41) is 14.6. The summed E-state index contributed by atoms with van der Waals surface area (Å²) < 4.78 is 0. The third-order valence-electron chi connectivity index (χ3n) is 3.70. The number of nitrogens with zero attached hydrogens (tertiary/aromatic N) is 2. The quantitative estimate of drug-likeness (QED) is 0.523. The Morgan fingerprint density at radius 2 is 1.92 bits per heavy atom. The van der Waals surface area contributed by atoms with Crippen LogP contribution in [0.15, 0.2) is 36.4 Å². The van der Waals surface area contributed by atoms with Gasteiger partial charge in [-0.1, -0.05) is 49.2 Å². The predicted octanol–water partition coefficient (Wildman–Crippen LogP) is 6.03. The first-order chi connectivity index (χ1) is 12.4. The van der Waals surface area contributed by atoms with Crippen LogP contribution in [0.4, 0.5) is 5.13 Å². The van der Waals surface area contributed by atoms with Gasteiger partial charge in [0.05, 0.1) is 28.0 Å². The first-order valence-corrected chi connectivity index (χ1v) is 9.83. The topological polar surface area (TPSA) is 58.0 Å². The summed E-state index contributed by atoms with van der Waals surface area (Å²) in [5.74, 6) is 0.526. The Labute approximate surface area is 166 Å². The molecule has 0 radical (unpaired) electrons. The fourth-order valence-corrected chi connectivity index (χ4v) is 4.03. The highest BCUT2D eigenvalue weighted by Gasteiger charge is 2.15. The van der Waals surface area contributed by atoms with Crippen LogP contribution in [-0.4, -0.2) is 15.1 Å². The first kappa shape index (κ1) is 19.0. The van der Waals surface area contributed by atoms with E-state index in [-0.39, 0.29) is 5.88 Å². The lowest BCUT2D eigenvalue weighted by Gasteiger charge is -2.06. The van der Waals surface area contributed by atoms with Gasteiger partial charge < -0.3 is 10.4 Å². The van der Waals surface area contributed by atoms with E-state index >= 15 is 0 Å². The van der Waals surface area contributed by atoms with Crippen LogP contribution in [0.1, 0.15) is 24.4 Å². The fraction of sp³-hybridized carbons (Fsp3) is 0.263. The average Bonchev–Trinajstić information content (AvgIpc) is 2.98. The van der Waals surface area contributed by atoms with Crippen molar-refractivity contribution in [1.29, 1.82) is 0 Å². The van der Waals surface area contributed by atoms with Gasteiger partial charge in [-0.15, -0.1) is 11.3 Å².